The molecule has 5 heteroatoms. The molecule has 1 aromatic carbocycles. The van der Waals surface area contributed by atoms with Crippen LogP contribution in [0.2, 0.25) is 0 Å². The molecule has 102 valence electrons. The van der Waals surface area contributed by atoms with Crippen molar-refractivity contribution in [1.29, 1.82) is 5.26 Å². The lowest BCUT2D eigenvalue weighted by atomic mass is 10.1. The number of aromatic nitrogens is 4. The third-order valence-corrected chi connectivity index (χ3v) is 4.10. The van der Waals surface area contributed by atoms with Crippen LogP contribution in [0.3, 0.4) is 0 Å². The molecule has 5 nitrogen and oxygen atoms in total. The first-order valence-corrected chi connectivity index (χ1v) is 6.93. The molecule has 4 rings (SSSR count). The van der Waals surface area contributed by atoms with Crippen LogP contribution in [-0.2, 0) is 6.42 Å². The highest BCUT2D eigenvalue weighted by Gasteiger charge is 2.23. The SMILES string of the molecule is N#Cc1n[nH]nc1-c1ccn(C2CCc3ccccc32)c1. The van der Waals surface area contributed by atoms with Crippen LogP contribution in [0.15, 0.2) is 42.7 Å². The minimum atomic E-state index is 0.333. The lowest BCUT2D eigenvalue weighted by molar-refractivity contribution is 0.583. The Kier molecular flexibility index (Phi) is 2.61. The molecule has 3 aromatic rings. The third-order valence-electron chi connectivity index (χ3n) is 4.10. The first-order chi connectivity index (χ1) is 10.4. The van der Waals surface area contributed by atoms with Crippen molar-refractivity contribution < 1.29 is 0 Å². The standard InChI is InChI=1S/C16H13N5/c17-9-14-16(19-20-18-14)12-7-8-21(10-12)15-6-5-11-3-1-2-4-13(11)15/h1-4,7-8,10,15H,5-6H2,(H,18,19,20). The van der Waals surface area contributed by atoms with Gasteiger partial charge in [-0.15, -0.1) is 5.10 Å². The van der Waals surface area contributed by atoms with E-state index in [1.54, 1.807) is 0 Å². The maximum Gasteiger partial charge on any atom is 0.190 e. The Morgan fingerprint density at radius 1 is 1.24 bits per heavy atom. The van der Waals surface area contributed by atoms with Gasteiger partial charge >= 0.3 is 0 Å². The van der Waals surface area contributed by atoms with Gasteiger partial charge in [0, 0.05) is 18.0 Å². The monoisotopic (exact) mass is 275 g/mol. The molecule has 0 saturated carbocycles. The molecule has 1 N–H and O–H groups in total. The molecule has 2 heterocycles. The van der Waals surface area contributed by atoms with Crippen LogP contribution in [0.4, 0.5) is 0 Å². The average Bonchev–Trinajstić information content (AvgIpc) is 3.24. The molecule has 0 spiro atoms. The number of rotatable bonds is 2. The van der Waals surface area contributed by atoms with Crippen molar-refractivity contribution >= 4 is 0 Å². The zero-order valence-corrected chi connectivity index (χ0v) is 11.3. The maximum atomic E-state index is 9.04. The zero-order chi connectivity index (χ0) is 14.2. The number of nitrogens with one attached hydrogen (secondary N) is 1. The molecule has 0 bridgehead atoms. The van der Waals surface area contributed by atoms with Gasteiger partial charge in [0.2, 0.25) is 0 Å². The van der Waals surface area contributed by atoms with Gasteiger partial charge < -0.3 is 4.57 Å². The normalized spacial score (nSPS) is 16.6. The van der Waals surface area contributed by atoms with E-state index in [9.17, 15) is 0 Å². The van der Waals surface area contributed by atoms with Gasteiger partial charge in [0.1, 0.15) is 11.8 Å². The van der Waals surface area contributed by atoms with Gasteiger partial charge in [-0.1, -0.05) is 24.3 Å². The molecule has 0 radical (unpaired) electrons. The van der Waals surface area contributed by atoms with Gasteiger partial charge in [-0.3, -0.25) is 0 Å². The van der Waals surface area contributed by atoms with Gasteiger partial charge in [-0.25, -0.2) is 0 Å². The van der Waals surface area contributed by atoms with Crippen LogP contribution in [0.25, 0.3) is 11.3 Å². The summed E-state index contributed by atoms with van der Waals surface area (Å²) in [4.78, 5) is 0. The predicted molar refractivity (Wildman–Crippen MR) is 77.4 cm³/mol. The van der Waals surface area contributed by atoms with Crippen molar-refractivity contribution in [1.82, 2.24) is 20.0 Å². The minimum absolute atomic E-state index is 0.333. The minimum Gasteiger partial charge on any atom is -0.346 e. The molecule has 0 amide bonds. The molecule has 0 aliphatic heterocycles. The van der Waals surface area contributed by atoms with Gasteiger partial charge in [-0.2, -0.15) is 15.6 Å². The molecule has 1 aliphatic carbocycles. The second kappa shape index (κ2) is 4.60. The van der Waals surface area contributed by atoms with Crippen molar-refractivity contribution in [2.75, 3.05) is 0 Å². The second-order valence-corrected chi connectivity index (χ2v) is 5.23. The van der Waals surface area contributed by atoms with Crippen LogP contribution >= 0.6 is 0 Å². The van der Waals surface area contributed by atoms with E-state index in [1.165, 1.54) is 11.1 Å². The molecule has 1 aliphatic rings. The summed E-state index contributed by atoms with van der Waals surface area (Å²) in [6.07, 6.45) is 6.32. The topological polar surface area (TPSA) is 70.3 Å². The number of aromatic amines is 1. The highest BCUT2D eigenvalue weighted by Crippen LogP contribution is 2.35. The van der Waals surface area contributed by atoms with E-state index < -0.39 is 0 Å². The Balaban J connectivity index is 1.72. The van der Waals surface area contributed by atoms with E-state index in [2.05, 4.69) is 56.5 Å². The number of hydrogen-bond donors (Lipinski definition) is 1. The molecule has 0 saturated heterocycles. The fourth-order valence-electron chi connectivity index (χ4n) is 3.10. The Morgan fingerprint density at radius 3 is 3.05 bits per heavy atom. The molecular formula is C16H13N5. The Bertz CT molecular complexity index is 836. The fourth-order valence-corrected chi connectivity index (χ4v) is 3.10. The molecule has 1 atom stereocenters. The zero-order valence-electron chi connectivity index (χ0n) is 11.3. The van der Waals surface area contributed by atoms with Crippen molar-refractivity contribution in [2.45, 2.75) is 18.9 Å². The average molecular weight is 275 g/mol. The van der Waals surface area contributed by atoms with E-state index in [0.717, 1.165) is 18.4 Å². The number of hydrogen-bond acceptors (Lipinski definition) is 3. The van der Waals surface area contributed by atoms with Crippen molar-refractivity contribution in [3.8, 4) is 17.3 Å². The summed E-state index contributed by atoms with van der Waals surface area (Å²) in [5.74, 6) is 0. The lowest BCUT2D eigenvalue weighted by Crippen LogP contribution is -2.04. The Hall–Kier alpha value is -2.87. The number of benzene rings is 1. The van der Waals surface area contributed by atoms with Crippen LogP contribution in [0, 0.1) is 11.3 Å². The van der Waals surface area contributed by atoms with Crippen LogP contribution in [0.1, 0.15) is 29.3 Å². The van der Waals surface area contributed by atoms with Gasteiger partial charge in [-0.05, 0) is 30.0 Å². The second-order valence-electron chi connectivity index (χ2n) is 5.23. The van der Waals surface area contributed by atoms with E-state index >= 15 is 0 Å². The van der Waals surface area contributed by atoms with E-state index in [0.29, 0.717) is 17.4 Å². The molecule has 0 fully saturated rings. The number of nitriles is 1. The summed E-state index contributed by atoms with van der Waals surface area (Å²) in [5, 5.41) is 19.5. The predicted octanol–water partition coefficient (Wildman–Crippen LogP) is 2.68. The number of nitrogens with zero attached hydrogens (tertiary/aromatic N) is 4. The van der Waals surface area contributed by atoms with Crippen LogP contribution in [-0.4, -0.2) is 20.0 Å². The highest BCUT2D eigenvalue weighted by molar-refractivity contribution is 5.63. The van der Waals surface area contributed by atoms with Gasteiger partial charge in [0.05, 0.1) is 6.04 Å². The largest absolute Gasteiger partial charge is 0.346 e. The van der Waals surface area contributed by atoms with Gasteiger partial charge in [0.15, 0.2) is 5.69 Å². The Morgan fingerprint density at radius 2 is 2.14 bits per heavy atom. The van der Waals surface area contributed by atoms with Gasteiger partial charge in [0.25, 0.3) is 0 Å². The summed E-state index contributed by atoms with van der Waals surface area (Å²) >= 11 is 0. The highest BCUT2D eigenvalue weighted by atomic mass is 15.3. The van der Waals surface area contributed by atoms with E-state index in [-0.39, 0.29) is 0 Å². The molecule has 21 heavy (non-hydrogen) atoms. The lowest BCUT2D eigenvalue weighted by Gasteiger charge is -2.13. The summed E-state index contributed by atoms with van der Waals surface area (Å²) in [6.45, 7) is 0. The first-order valence-electron chi connectivity index (χ1n) is 6.93. The van der Waals surface area contributed by atoms with Crippen molar-refractivity contribution in [3.05, 3.63) is 59.5 Å². The first kappa shape index (κ1) is 11.9. The summed E-state index contributed by atoms with van der Waals surface area (Å²) in [5.41, 5.74) is 4.68. The van der Waals surface area contributed by atoms with E-state index in [4.69, 9.17) is 5.26 Å². The fraction of sp³-hybridized carbons (Fsp3) is 0.188. The summed E-state index contributed by atoms with van der Waals surface area (Å²) in [7, 11) is 0. The smallest absolute Gasteiger partial charge is 0.190 e. The maximum absolute atomic E-state index is 9.04. The van der Waals surface area contributed by atoms with Crippen molar-refractivity contribution in [2.24, 2.45) is 0 Å². The number of aryl methyl sites for hydroxylation is 1. The Labute approximate surface area is 121 Å². The van der Waals surface area contributed by atoms with Crippen LogP contribution < -0.4 is 0 Å². The summed E-state index contributed by atoms with van der Waals surface area (Å²) < 4.78 is 2.21. The molecule has 2 aromatic heterocycles. The summed E-state index contributed by atoms with van der Waals surface area (Å²) in [6, 6.07) is 13.0. The number of H-pyrrole nitrogens is 1. The third kappa shape index (κ3) is 1.84. The quantitative estimate of drug-likeness (QED) is 0.781. The molecular weight excluding hydrogens is 262 g/mol. The molecule has 1 unspecified atom stereocenters. The van der Waals surface area contributed by atoms with E-state index in [1.807, 2.05) is 12.3 Å². The van der Waals surface area contributed by atoms with Crippen molar-refractivity contribution in [3.63, 3.8) is 0 Å². The number of fused-ring (bicyclic) bond motifs is 1. The van der Waals surface area contributed by atoms with Crippen LogP contribution in [0.5, 0.6) is 0 Å².